The zero-order chi connectivity index (χ0) is 23.1. The van der Waals surface area contributed by atoms with Crippen LogP contribution in [-0.2, 0) is 14.8 Å². The predicted octanol–water partition coefficient (Wildman–Crippen LogP) is 3.54. The third-order valence-electron chi connectivity index (χ3n) is 5.22. The van der Waals surface area contributed by atoms with Crippen molar-refractivity contribution in [3.63, 3.8) is 0 Å². The number of nitrogens with zero attached hydrogens (tertiary/aromatic N) is 1. The van der Waals surface area contributed by atoms with Gasteiger partial charge in [0.1, 0.15) is 5.75 Å². The smallest absolute Gasteiger partial charge is 0.248 e. The Morgan fingerprint density at radius 1 is 0.906 bits per heavy atom. The molecule has 0 unspecified atom stereocenters. The molecule has 8 nitrogen and oxygen atoms in total. The van der Waals surface area contributed by atoms with Crippen molar-refractivity contribution in [2.24, 2.45) is 0 Å². The third-order valence-corrected chi connectivity index (χ3v) is 7.11. The molecule has 1 N–H and O–H groups in total. The van der Waals surface area contributed by atoms with Gasteiger partial charge in [-0.2, -0.15) is 4.31 Å². The number of anilines is 1. The van der Waals surface area contributed by atoms with E-state index in [1.165, 1.54) is 36.7 Å². The van der Waals surface area contributed by atoms with E-state index in [0.29, 0.717) is 30.3 Å². The summed E-state index contributed by atoms with van der Waals surface area (Å²) in [4.78, 5) is 12.6. The lowest BCUT2D eigenvalue weighted by Crippen LogP contribution is -2.35. The minimum Gasteiger partial charge on any atom is -0.495 e. The molecule has 2 aromatic rings. The highest BCUT2D eigenvalue weighted by molar-refractivity contribution is 7.89. The number of carbonyl (C=O) groups excluding carboxylic acids is 1. The lowest BCUT2D eigenvalue weighted by Gasteiger charge is -2.26. The van der Waals surface area contributed by atoms with E-state index in [2.05, 4.69) is 5.32 Å². The van der Waals surface area contributed by atoms with Crippen LogP contribution in [-0.4, -0.2) is 53.0 Å². The Kier molecular flexibility index (Phi) is 7.76. The zero-order valence-corrected chi connectivity index (χ0v) is 19.3. The van der Waals surface area contributed by atoms with Gasteiger partial charge in [0.25, 0.3) is 0 Å². The molecule has 1 heterocycles. The van der Waals surface area contributed by atoms with E-state index in [4.69, 9.17) is 14.2 Å². The number of rotatable bonds is 8. The first kappa shape index (κ1) is 23.6. The number of benzene rings is 2. The van der Waals surface area contributed by atoms with E-state index in [1.807, 2.05) is 0 Å². The summed E-state index contributed by atoms with van der Waals surface area (Å²) in [5, 5.41) is 2.71. The van der Waals surface area contributed by atoms with Crippen molar-refractivity contribution in [3.05, 3.63) is 48.0 Å². The number of hydrogen-bond donors (Lipinski definition) is 1. The van der Waals surface area contributed by atoms with Gasteiger partial charge in [-0.3, -0.25) is 4.79 Å². The molecule has 0 aliphatic carbocycles. The van der Waals surface area contributed by atoms with Gasteiger partial charge >= 0.3 is 0 Å². The van der Waals surface area contributed by atoms with E-state index in [1.54, 1.807) is 37.5 Å². The first-order chi connectivity index (χ1) is 15.4. The Morgan fingerprint density at radius 3 is 2.22 bits per heavy atom. The van der Waals surface area contributed by atoms with Crippen LogP contribution >= 0.6 is 0 Å². The maximum absolute atomic E-state index is 13.0. The Labute approximate surface area is 188 Å². The lowest BCUT2D eigenvalue weighted by atomic mass is 10.2. The summed E-state index contributed by atoms with van der Waals surface area (Å²) in [7, 11) is 0.916. The largest absolute Gasteiger partial charge is 0.495 e. The van der Waals surface area contributed by atoms with Crippen LogP contribution in [0.3, 0.4) is 0 Å². The van der Waals surface area contributed by atoms with Gasteiger partial charge in [0.05, 0.1) is 31.9 Å². The van der Waals surface area contributed by atoms with Crippen molar-refractivity contribution in [1.29, 1.82) is 0 Å². The van der Waals surface area contributed by atoms with Gasteiger partial charge in [-0.1, -0.05) is 12.5 Å². The number of ether oxygens (including phenoxy) is 3. The van der Waals surface area contributed by atoms with Crippen LogP contribution in [0.2, 0.25) is 0 Å². The number of amides is 1. The second-order valence-electron chi connectivity index (χ2n) is 7.26. The third kappa shape index (κ3) is 5.41. The van der Waals surface area contributed by atoms with Crippen molar-refractivity contribution < 1.29 is 27.4 Å². The quantitative estimate of drug-likeness (QED) is 0.606. The first-order valence-electron chi connectivity index (χ1n) is 10.3. The van der Waals surface area contributed by atoms with E-state index in [-0.39, 0.29) is 10.6 Å². The lowest BCUT2D eigenvalue weighted by molar-refractivity contribution is -0.111. The molecule has 0 bridgehead atoms. The fourth-order valence-corrected chi connectivity index (χ4v) is 5.05. The van der Waals surface area contributed by atoms with E-state index < -0.39 is 15.9 Å². The molecule has 0 saturated carbocycles. The van der Waals surface area contributed by atoms with Crippen molar-refractivity contribution in [2.45, 2.75) is 24.2 Å². The standard InChI is InChI=1S/C23H28N2O6S/c1-29-20-11-9-18(32(27,28)25-13-5-4-6-14-25)16-19(20)24-23(26)12-8-17-7-10-21(30-2)22(15-17)31-3/h7-12,15-16H,4-6,13-14H2,1-3H3,(H,24,26)/b12-8+. The van der Waals surface area contributed by atoms with Crippen molar-refractivity contribution in [3.8, 4) is 17.2 Å². The molecule has 9 heteroatoms. The summed E-state index contributed by atoms with van der Waals surface area (Å²) in [5.41, 5.74) is 1.03. The van der Waals surface area contributed by atoms with Crippen LogP contribution in [0, 0.1) is 0 Å². The van der Waals surface area contributed by atoms with Crippen LogP contribution in [0.1, 0.15) is 24.8 Å². The minimum absolute atomic E-state index is 0.124. The summed E-state index contributed by atoms with van der Waals surface area (Å²) in [6, 6.07) is 9.76. The van der Waals surface area contributed by atoms with Crippen molar-refractivity contribution in [2.75, 3.05) is 39.7 Å². The maximum atomic E-state index is 13.0. The van der Waals surface area contributed by atoms with Gasteiger partial charge in [-0.05, 0) is 54.8 Å². The molecular formula is C23H28N2O6S. The summed E-state index contributed by atoms with van der Waals surface area (Å²) >= 11 is 0. The molecular weight excluding hydrogens is 432 g/mol. The fraction of sp³-hybridized carbons (Fsp3) is 0.348. The van der Waals surface area contributed by atoms with E-state index >= 15 is 0 Å². The number of methoxy groups -OCH3 is 3. The molecule has 1 aliphatic rings. The highest BCUT2D eigenvalue weighted by Crippen LogP contribution is 2.30. The number of hydrogen-bond acceptors (Lipinski definition) is 6. The molecule has 0 atom stereocenters. The van der Waals surface area contributed by atoms with E-state index in [9.17, 15) is 13.2 Å². The van der Waals surface area contributed by atoms with Crippen molar-refractivity contribution >= 4 is 27.7 Å². The van der Waals surface area contributed by atoms with Crippen LogP contribution in [0.25, 0.3) is 6.08 Å². The number of nitrogens with one attached hydrogen (secondary N) is 1. The van der Waals surface area contributed by atoms with Gasteiger partial charge in [0, 0.05) is 19.2 Å². The molecule has 32 heavy (non-hydrogen) atoms. The molecule has 2 aromatic carbocycles. The fourth-order valence-electron chi connectivity index (χ4n) is 3.50. The molecule has 1 fully saturated rings. The summed E-state index contributed by atoms with van der Waals surface area (Å²) in [5.74, 6) is 1.08. The van der Waals surface area contributed by atoms with Gasteiger partial charge < -0.3 is 19.5 Å². The predicted molar refractivity (Wildman–Crippen MR) is 123 cm³/mol. The number of piperidine rings is 1. The van der Waals surface area contributed by atoms with Gasteiger partial charge in [0.2, 0.25) is 15.9 Å². The molecule has 0 aromatic heterocycles. The maximum Gasteiger partial charge on any atom is 0.248 e. The monoisotopic (exact) mass is 460 g/mol. The second kappa shape index (κ2) is 10.5. The Hall–Kier alpha value is -3.04. The van der Waals surface area contributed by atoms with Crippen LogP contribution in [0.5, 0.6) is 17.2 Å². The summed E-state index contributed by atoms with van der Waals surface area (Å²) in [6.07, 6.45) is 5.70. The summed E-state index contributed by atoms with van der Waals surface area (Å²) < 4.78 is 43.2. The SMILES string of the molecule is COc1ccc(S(=O)(=O)N2CCCCC2)cc1NC(=O)/C=C/c1ccc(OC)c(OC)c1. The number of sulfonamides is 1. The molecule has 0 radical (unpaired) electrons. The highest BCUT2D eigenvalue weighted by atomic mass is 32.2. The number of carbonyl (C=O) groups is 1. The van der Waals surface area contributed by atoms with Gasteiger partial charge in [-0.25, -0.2) is 8.42 Å². The molecule has 0 spiro atoms. The average molecular weight is 461 g/mol. The van der Waals surface area contributed by atoms with Crippen molar-refractivity contribution in [1.82, 2.24) is 4.31 Å². The summed E-state index contributed by atoms with van der Waals surface area (Å²) in [6.45, 7) is 1.01. The molecule has 3 rings (SSSR count). The topological polar surface area (TPSA) is 94.2 Å². The molecule has 172 valence electrons. The second-order valence-corrected chi connectivity index (χ2v) is 9.20. The van der Waals surface area contributed by atoms with E-state index in [0.717, 1.165) is 24.8 Å². The molecule has 1 amide bonds. The Bertz CT molecular complexity index is 1090. The van der Waals surface area contributed by atoms with Crippen LogP contribution < -0.4 is 19.5 Å². The Balaban J connectivity index is 1.79. The molecule has 1 aliphatic heterocycles. The average Bonchev–Trinajstić information content (AvgIpc) is 2.83. The van der Waals surface area contributed by atoms with Gasteiger partial charge in [-0.15, -0.1) is 0 Å². The van der Waals surface area contributed by atoms with Crippen LogP contribution in [0.15, 0.2) is 47.4 Å². The van der Waals surface area contributed by atoms with Gasteiger partial charge in [0.15, 0.2) is 11.5 Å². The first-order valence-corrected chi connectivity index (χ1v) is 11.7. The zero-order valence-electron chi connectivity index (χ0n) is 18.5. The highest BCUT2D eigenvalue weighted by Gasteiger charge is 2.26. The Morgan fingerprint density at radius 2 is 1.56 bits per heavy atom. The minimum atomic E-state index is -3.63. The normalized spacial score (nSPS) is 14.8. The molecule has 1 saturated heterocycles. The van der Waals surface area contributed by atoms with Crippen LogP contribution in [0.4, 0.5) is 5.69 Å².